The van der Waals surface area contributed by atoms with Crippen molar-refractivity contribution < 1.29 is 14.7 Å². The Kier molecular flexibility index (Phi) is 8.01. The molecule has 0 bridgehead atoms. The first kappa shape index (κ1) is 25.5. The van der Waals surface area contributed by atoms with Crippen molar-refractivity contribution >= 4 is 57.7 Å². The molecular formula is C24H24Cl2N4O4S. The van der Waals surface area contributed by atoms with E-state index >= 15 is 0 Å². The molecule has 35 heavy (non-hydrogen) atoms. The first-order valence-corrected chi connectivity index (χ1v) is 12.8. The van der Waals surface area contributed by atoms with Gasteiger partial charge in [-0.1, -0.05) is 41.0 Å². The van der Waals surface area contributed by atoms with Gasteiger partial charge in [0.15, 0.2) is 5.16 Å². The summed E-state index contributed by atoms with van der Waals surface area (Å²) in [5.74, 6) is -1.12. The molecule has 1 saturated heterocycles. The molecule has 2 aromatic carbocycles. The van der Waals surface area contributed by atoms with Gasteiger partial charge >= 0.3 is 5.97 Å². The molecule has 2 N–H and O–H groups in total. The molecule has 184 valence electrons. The van der Waals surface area contributed by atoms with E-state index in [1.807, 2.05) is 12.1 Å². The molecule has 1 aliphatic rings. The van der Waals surface area contributed by atoms with E-state index in [4.69, 9.17) is 23.2 Å². The summed E-state index contributed by atoms with van der Waals surface area (Å²) in [5, 5.41) is 14.0. The highest BCUT2D eigenvalue weighted by atomic mass is 35.5. The van der Waals surface area contributed by atoms with Crippen LogP contribution in [0.5, 0.6) is 0 Å². The number of hydrogen-bond donors (Lipinski definition) is 2. The molecule has 0 atom stereocenters. The summed E-state index contributed by atoms with van der Waals surface area (Å²) in [6.07, 6.45) is 1.67. The number of hydrogen-bond acceptors (Lipinski definition) is 6. The zero-order valence-corrected chi connectivity index (χ0v) is 21.3. The van der Waals surface area contributed by atoms with Crippen LogP contribution in [-0.4, -0.2) is 56.3 Å². The molecule has 1 amide bonds. The normalized spacial score (nSPS) is 14.8. The number of likely N-dealkylation sites (tertiary alicyclic amines) is 1. The van der Waals surface area contributed by atoms with E-state index in [0.717, 1.165) is 49.8 Å². The van der Waals surface area contributed by atoms with Crippen LogP contribution >= 0.6 is 35.0 Å². The van der Waals surface area contributed by atoms with Gasteiger partial charge in [-0.2, -0.15) is 0 Å². The molecule has 0 aliphatic carbocycles. The number of halogens is 2. The van der Waals surface area contributed by atoms with Gasteiger partial charge in [-0.05, 0) is 48.7 Å². The number of nitrogens with zero attached hydrogens (tertiary/aromatic N) is 3. The Labute approximate surface area is 216 Å². The fraction of sp³-hybridized carbons (Fsp3) is 0.333. The Hall–Kier alpha value is -2.59. The molecule has 0 spiro atoms. The smallest absolute Gasteiger partial charge is 0.335 e. The number of fused-ring (bicyclic) bond motifs is 1. The summed E-state index contributed by atoms with van der Waals surface area (Å²) in [6, 6.07) is 9.94. The first-order chi connectivity index (χ1) is 16.7. The third-order valence-electron chi connectivity index (χ3n) is 5.96. The van der Waals surface area contributed by atoms with Crippen molar-refractivity contribution in [3.63, 3.8) is 0 Å². The van der Waals surface area contributed by atoms with Gasteiger partial charge in [-0.25, -0.2) is 9.78 Å². The predicted octanol–water partition coefficient (Wildman–Crippen LogP) is 3.81. The Bertz CT molecular complexity index is 1340. The van der Waals surface area contributed by atoms with Gasteiger partial charge in [0.2, 0.25) is 5.91 Å². The minimum absolute atomic E-state index is 0.0532. The fourth-order valence-corrected chi connectivity index (χ4v) is 5.15. The van der Waals surface area contributed by atoms with E-state index in [1.165, 1.54) is 22.8 Å². The molecule has 3 aromatic rings. The number of rotatable bonds is 7. The number of nitrogens with one attached hydrogen (secondary N) is 1. The van der Waals surface area contributed by atoms with E-state index in [9.17, 15) is 19.5 Å². The van der Waals surface area contributed by atoms with Gasteiger partial charge in [0.25, 0.3) is 5.56 Å². The quantitative estimate of drug-likeness (QED) is 0.350. The average Bonchev–Trinajstić information content (AvgIpc) is 2.83. The summed E-state index contributed by atoms with van der Waals surface area (Å²) in [7, 11) is 1.59. The highest BCUT2D eigenvalue weighted by molar-refractivity contribution is 7.99. The maximum atomic E-state index is 12.6. The second-order valence-electron chi connectivity index (χ2n) is 8.45. The molecule has 8 nitrogen and oxygen atoms in total. The van der Waals surface area contributed by atoms with Crippen LogP contribution in [0.15, 0.2) is 46.3 Å². The Morgan fingerprint density at radius 1 is 1.14 bits per heavy atom. The lowest BCUT2D eigenvalue weighted by atomic mass is 10.0. The number of benzene rings is 2. The van der Waals surface area contributed by atoms with Crippen LogP contribution < -0.4 is 10.9 Å². The van der Waals surface area contributed by atoms with Crippen molar-refractivity contribution in [1.82, 2.24) is 19.8 Å². The van der Waals surface area contributed by atoms with Crippen LogP contribution in [0.4, 0.5) is 0 Å². The lowest BCUT2D eigenvalue weighted by Gasteiger charge is -2.32. The minimum Gasteiger partial charge on any atom is -0.478 e. The molecule has 0 saturated carbocycles. The summed E-state index contributed by atoms with van der Waals surface area (Å²) in [4.78, 5) is 43.2. The van der Waals surface area contributed by atoms with E-state index in [2.05, 4.69) is 15.2 Å². The number of piperidine rings is 1. The minimum atomic E-state index is -1.09. The van der Waals surface area contributed by atoms with Crippen molar-refractivity contribution in [2.45, 2.75) is 30.6 Å². The molecular weight excluding hydrogens is 511 g/mol. The zero-order chi connectivity index (χ0) is 25.1. The number of aromatic nitrogens is 2. The lowest BCUT2D eigenvalue weighted by molar-refractivity contribution is -0.119. The van der Waals surface area contributed by atoms with Gasteiger partial charge in [0.1, 0.15) is 0 Å². The second kappa shape index (κ2) is 11.0. The lowest BCUT2D eigenvalue weighted by Crippen LogP contribution is -2.44. The number of carbonyl (C=O) groups is 2. The van der Waals surface area contributed by atoms with E-state index < -0.39 is 5.97 Å². The van der Waals surface area contributed by atoms with Crippen LogP contribution in [-0.2, 0) is 18.4 Å². The molecule has 11 heteroatoms. The molecule has 4 rings (SSSR count). The van der Waals surface area contributed by atoms with Gasteiger partial charge in [0.05, 0.1) is 32.3 Å². The van der Waals surface area contributed by atoms with Crippen LogP contribution in [0.1, 0.15) is 28.8 Å². The van der Waals surface area contributed by atoms with Gasteiger partial charge in [0, 0.05) is 32.7 Å². The fourth-order valence-electron chi connectivity index (χ4n) is 4.04. The third-order valence-corrected chi connectivity index (χ3v) is 7.73. The van der Waals surface area contributed by atoms with Gasteiger partial charge in [-0.15, -0.1) is 0 Å². The molecule has 2 heterocycles. The predicted molar refractivity (Wildman–Crippen MR) is 138 cm³/mol. The number of amides is 1. The molecule has 1 fully saturated rings. The van der Waals surface area contributed by atoms with Crippen molar-refractivity contribution in [3.05, 3.63) is 67.9 Å². The summed E-state index contributed by atoms with van der Waals surface area (Å²) in [6.45, 7) is 2.48. The van der Waals surface area contributed by atoms with E-state index in [1.54, 1.807) is 13.1 Å². The van der Waals surface area contributed by atoms with Crippen LogP contribution in [0.25, 0.3) is 10.9 Å². The van der Waals surface area contributed by atoms with Crippen LogP contribution in [0.2, 0.25) is 10.0 Å². The van der Waals surface area contributed by atoms with Crippen LogP contribution in [0, 0.1) is 0 Å². The van der Waals surface area contributed by atoms with Crippen LogP contribution in [0.3, 0.4) is 0 Å². The van der Waals surface area contributed by atoms with E-state index in [-0.39, 0.29) is 28.8 Å². The maximum Gasteiger partial charge on any atom is 0.335 e. The first-order valence-electron chi connectivity index (χ1n) is 11.0. The van der Waals surface area contributed by atoms with Crippen molar-refractivity contribution in [2.75, 3.05) is 18.8 Å². The SMILES string of the molecule is Cn1c(SCC(=O)NC2CCN(Cc3ccc(Cl)c(Cl)c3)CC2)nc2cc(C(=O)O)ccc2c1=O. The van der Waals surface area contributed by atoms with Crippen molar-refractivity contribution in [2.24, 2.45) is 7.05 Å². The zero-order valence-electron chi connectivity index (χ0n) is 19.0. The second-order valence-corrected chi connectivity index (χ2v) is 10.2. The number of carboxylic acid groups (broad SMARTS) is 1. The molecule has 1 aromatic heterocycles. The van der Waals surface area contributed by atoms with Crippen molar-refractivity contribution in [1.29, 1.82) is 0 Å². The average molecular weight is 535 g/mol. The molecule has 1 aliphatic heterocycles. The van der Waals surface area contributed by atoms with Gasteiger partial charge in [-0.3, -0.25) is 19.1 Å². The summed E-state index contributed by atoms with van der Waals surface area (Å²) < 4.78 is 1.38. The Morgan fingerprint density at radius 3 is 2.57 bits per heavy atom. The highest BCUT2D eigenvalue weighted by Crippen LogP contribution is 2.24. The summed E-state index contributed by atoms with van der Waals surface area (Å²) >= 11 is 13.2. The third kappa shape index (κ3) is 6.16. The highest BCUT2D eigenvalue weighted by Gasteiger charge is 2.21. The topological polar surface area (TPSA) is 105 Å². The van der Waals surface area contributed by atoms with E-state index in [0.29, 0.717) is 26.1 Å². The largest absolute Gasteiger partial charge is 0.478 e. The standard InChI is InChI=1S/C24H24Cl2N4O4S/c1-29-22(32)17-4-3-15(23(33)34)11-20(17)28-24(29)35-13-21(31)27-16-6-8-30(9-7-16)12-14-2-5-18(25)19(26)10-14/h2-5,10-11,16H,6-9,12-13H2,1H3,(H,27,31)(H,33,34). The molecule has 0 unspecified atom stereocenters. The molecule has 0 radical (unpaired) electrons. The number of aromatic carboxylic acids is 1. The van der Waals surface area contributed by atoms with Gasteiger partial charge < -0.3 is 10.4 Å². The number of thioether (sulfide) groups is 1. The summed E-state index contributed by atoms with van der Waals surface area (Å²) in [5.41, 5.74) is 1.16. The number of carbonyl (C=O) groups excluding carboxylic acids is 1. The Balaban J connectivity index is 1.31. The maximum absolute atomic E-state index is 12.6. The monoisotopic (exact) mass is 534 g/mol. The Morgan fingerprint density at radius 2 is 1.89 bits per heavy atom. The van der Waals surface area contributed by atoms with Crippen molar-refractivity contribution in [3.8, 4) is 0 Å². The number of carboxylic acids is 1.